The molecule has 37 heavy (non-hydrogen) atoms. The van der Waals surface area contributed by atoms with Crippen molar-refractivity contribution in [2.75, 3.05) is 0 Å². The first-order valence-corrected chi connectivity index (χ1v) is 13.6. The lowest BCUT2D eigenvalue weighted by molar-refractivity contribution is 0.569. The first-order valence-electron chi connectivity index (χ1n) is 13.6. The van der Waals surface area contributed by atoms with Crippen LogP contribution in [0.25, 0.3) is 38.6 Å². The molecule has 5 rings (SSSR count). The number of hydrogen-bond acceptors (Lipinski definition) is 0. The number of hydrogen-bond donors (Lipinski definition) is 0. The summed E-state index contributed by atoms with van der Waals surface area (Å²) < 4.78 is 2.45. The van der Waals surface area contributed by atoms with Crippen LogP contribution in [0.4, 0.5) is 0 Å². The van der Waals surface area contributed by atoms with E-state index >= 15 is 0 Å². The van der Waals surface area contributed by atoms with E-state index < -0.39 is 0 Å². The summed E-state index contributed by atoms with van der Waals surface area (Å²) in [6, 6.07) is 31.7. The Morgan fingerprint density at radius 3 is 1.57 bits per heavy atom. The first kappa shape index (κ1) is 25.3. The minimum atomic E-state index is 0.0201. The van der Waals surface area contributed by atoms with Gasteiger partial charge in [0, 0.05) is 16.5 Å². The second-order valence-electron chi connectivity index (χ2n) is 13.6. The van der Waals surface area contributed by atoms with Gasteiger partial charge in [0.15, 0.2) is 0 Å². The molecule has 1 heterocycles. The Kier molecular flexibility index (Phi) is 5.90. The summed E-state index contributed by atoms with van der Waals surface area (Å²) in [5, 5.41) is 2.71. The number of nitrogens with zero attached hydrogens (tertiary/aromatic N) is 1. The van der Waals surface area contributed by atoms with E-state index in [4.69, 9.17) is 0 Å². The largest absolute Gasteiger partial charge is 0.309 e. The van der Waals surface area contributed by atoms with Crippen LogP contribution in [0.3, 0.4) is 0 Å². The van der Waals surface area contributed by atoms with E-state index in [1.54, 1.807) is 0 Å². The summed E-state index contributed by atoms with van der Waals surface area (Å²) in [5.41, 5.74) is 10.7. The van der Waals surface area contributed by atoms with Crippen LogP contribution in [-0.2, 0) is 16.2 Å². The Balaban J connectivity index is 1.97. The molecular formula is C36H41N. The third-order valence-electron chi connectivity index (χ3n) is 7.62. The van der Waals surface area contributed by atoms with E-state index in [1.807, 2.05) is 0 Å². The second-order valence-corrected chi connectivity index (χ2v) is 13.6. The molecule has 1 aromatic heterocycles. The van der Waals surface area contributed by atoms with Crippen LogP contribution in [0.15, 0.2) is 84.9 Å². The maximum absolute atomic E-state index is 2.45. The number of fused-ring (bicyclic) bond motifs is 3. The molecule has 1 heteroatoms. The number of benzene rings is 4. The smallest absolute Gasteiger partial charge is 0.0547 e. The van der Waals surface area contributed by atoms with Crippen molar-refractivity contribution in [1.29, 1.82) is 0 Å². The molecule has 1 nitrogen and oxygen atoms in total. The van der Waals surface area contributed by atoms with Gasteiger partial charge in [-0.1, -0.05) is 123 Å². The summed E-state index contributed by atoms with van der Waals surface area (Å²) in [7, 11) is 0. The van der Waals surface area contributed by atoms with Crippen LogP contribution >= 0.6 is 0 Å². The lowest BCUT2D eigenvalue weighted by Gasteiger charge is -2.26. The van der Waals surface area contributed by atoms with E-state index in [0.29, 0.717) is 0 Å². The van der Waals surface area contributed by atoms with E-state index in [1.165, 1.54) is 55.3 Å². The molecule has 0 radical (unpaired) electrons. The van der Waals surface area contributed by atoms with Gasteiger partial charge >= 0.3 is 0 Å². The average Bonchev–Trinajstić information content (AvgIpc) is 3.17. The molecule has 0 aliphatic heterocycles. The van der Waals surface area contributed by atoms with Gasteiger partial charge in [-0.3, -0.25) is 0 Å². The molecule has 0 atom stereocenters. The highest BCUT2D eigenvalue weighted by Crippen LogP contribution is 2.44. The summed E-state index contributed by atoms with van der Waals surface area (Å²) in [5.74, 6) is 0. The lowest BCUT2D eigenvalue weighted by Crippen LogP contribution is -2.16. The van der Waals surface area contributed by atoms with Crippen molar-refractivity contribution in [2.24, 2.45) is 0 Å². The Labute approximate surface area is 223 Å². The fourth-order valence-electron chi connectivity index (χ4n) is 5.48. The van der Waals surface area contributed by atoms with Crippen LogP contribution in [-0.4, -0.2) is 4.57 Å². The highest BCUT2D eigenvalue weighted by molar-refractivity contribution is 6.17. The zero-order chi connectivity index (χ0) is 26.8. The highest BCUT2D eigenvalue weighted by atomic mass is 15.0. The van der Waals surface area contributed by atoms with Gasteiger partial charge in [0.05, 0.1) is 11.0 Å². The van der Waals surface area contributed by atoms with Crippen LogP contribution in [0.5, 0.6) is 0 Å². The van der Waals surface area contributed by atoms with Gasteiger partial charge in [-0.05, 0) is 68.3 Å². The molecule has 0 aliphatic rings. The van der Waals surface area contributed by atoms with E-state index in [9.17, 15) is 0 Å². The van der Waals surface area contributed by atoms with Gasteiger partial charge in [-0.2, -0.15) is 0 Å². The van der Waals surface area contributed by atoms with Gasteiger partial charge < -0.3 is 4.57 Å². The molecule has 0 N–H and O–H groups in total. The number of aromatic nitrogens is 1. The quantitative estimate of drug-likeness (QED) is 0.233. The Morgan fingerprint density at radius 2 is 1.03 bits per heavy atom. The Morgan fingerprint density at radius 1 is 0.486 bits per heavy atom. The Bertz CT molecular complexity index is 1560. The van der Waals surface area contributed by atoms with Crippen molar-refractivity contribution in [2.45, 2.75) is 78.6 Å². The molecule has 0 saturated heterocycles. The summed E-state index contributed by atoms with van der Waals surface area (Å²) in [4.78, 5) is 0. The van der Waals surface area contributed by atoms with Crippen molar-refractivity contribution >= 4 is 21.8 Å². The van der Waals surface area contributed by atoms with Crippen LogP contribution in [0.1, 0.15) is 79.0 Å². The molecule has 190 valence electrons. The van der Waals surface area contributed by atoms with Gasteiger partial charge in [-0.25, -0.2) is 0 Å². The maximum Gasteiger partial charge on any atom is 0.0547 e. The predicted octanol–water partition coefficient (Wildman–Crippen LogP) is 10.3. The molecule has 0 unspecified atom stereocenters. The Hall–Kier alpha value is -3.32. The van der Waals surface area contributed by atoms with E-state index in [-0.39, 0.29) is 16.2 Å². The summed E-state index contributed by atoms with van der Waals surface area (Å²) in [6.45, 7) is 20.9. The molecule has 4 aromatic carbocycles. The van der Waals surface area contributed by atoms with E-state index in [0.717, 1.165) is 0 Å². The average molecular weight is 488 g/mol. The van der Waals surface area contributed by atoms with Gasteiger partial charge in [0.25, 0.3) is 0 Å². The lowest BCUT2D eigenvalue weighted by atomic mass is 9.78. The molecule has 5 aromatic rings. The topological polar surface area (TPSA) is 4.93 Å². The maximum atomic E-state index is 2.45. The second kappa shape index (κ2) is 8.62. The van der Waals surface area contributed by atoms with Crippen molar-refractivity contribution in [1.82, 2.24) is 4.57 Å². The monoisotopic (exact) mass is 487 g/mol. The minimum Gasteiger partial charge on any atom is -0.309 e. The van der Waals surface area contributed by atoms with Crippen molar-refractivity contribution in [3.63, 3.8) is 0 Å². The minimum absolute atomic E-state index is 0.0201. The molecule has 0 aliphatic carbocycles. The molecular weight excluding hydrogens is 446 g/mol. The molecule has 0 amide bonds. The highest BCUT2D eigenvalue weighted by Gasteiger charge is 2.25. The van der Waals surface area contributed by atoms with Crippen LogP contribution in [0.2, 0.25) is 0 Å². The number of rotatable bonds is 2. The van der Waals surface area contributed by atoms with Gasteiger partial charge in [-0.15, -0.1) is 0 Å². The predicted molar refractivity (Wildman–Crippen MR) is 162 cm³/mol. The molecule has 0 spiro atoms. The number of para-hydroxylation sites is 1. The third kappa shape index (κ3) is 4.50. The van der Waals surface area contributed by atoms with Crippen molar-refractivity contribution < 1.29 is 0 Å². The van der Waals surface area contributed by atoms with Crippen molar-refractivity contribution in [3.8, 4) is 16.8 Å². The van der Waals surface area contributed by atoms with Crippen LogP contribution in [0, 0.1) is 0 Å². The standard InChI is InChI=1S/C36H41N/c1-34(2,3)25-21-24(22-26(23-25)35(4,5)6)28-17-13-19-30-32(28)33-29(36(7,8)9)18-14-20-31(33)37(30)27-15-11-10-12-16-27/h10-23H,1-9H3. The van der Waals surface area contributed by atoms with Gasteiger partial charge in [0.1, 0.15) is 0 Å². The summed E-state index contributed by atoms with van der Waals surface area (Å²) in [6.07, 6.45) is 0. The zero-order valence-electron chi connectivity index (χ0n) is 24.0. The SMILES string of the molecule is CC(C)(C)c1cc(-c2cccc3c2c2c(C(C)(C)C)cccc2n3-c2ccccc2)cc(C(C)(C)C)c1. The van der Waals surface area contributed by atoms with Crippen molar-refractivity contribution in [3.05, 3.63) is 102 Å². The first-order chi connectivity index (χ1) is 17.3. The third-order valence-corrected chi connectivity index (χ3v) is 7.62. The molecule has 0 saturated carbocycles. The normalized spacial score (nSPS) is 13.0. The fraction of sp³-hybridized carbons (Fsp3) is 0.333. The molecule has 0 bridgehead atoms. The van der Waals surface area contributed by atoms with Gasteiger partial charge in [0.2, 0.25) is 0 Å². The zero-order valence-corrected chi connectivity index (χ0v) is 24.0. The molecule has 0 fully saturated rings. The fourth-order valence-corrected chi connectivity index (χ4v) is 5.48. The van der Waals surface area contributed by atoms with E-state index in [2.05, 4.69) is 152 Å². The van der Waals surface area contributed by atoms with Crippen LogP contribution < -0.4 is 0 Å². The summed E-state index contributed by atoms with van der Waals surface area (Å²) >= 11 is 0.